The lowest BCUT2D eigenvalue weighted by Crippen LogP contribution is -1.98. The number of benzene rings is 3. The second-order valence-electron chi connectivity index (χ2n) is 6.41. The van der Waals surface area contributed by atoms with E-state index in [0.717, 1.165) is 44.4 Å². The lowest BCUT2D eigenvalue weighted by Gasteiger charge is -2.07. The zero-order valence-corrected chi connectivity index (χ0v) is 14.7. The van der Waals surface area contributed by atoms with Gasteiger partial charge in [0, 0.05) is 10.9 Å². The maximum Gasteiger partial charge on any atom is 0.164 e. The molecule has 0 saturated heterocycles. The fraction of sp³-hybridized carbons (Fsp3) is 0. The highest BCUT2D eigenvalue weighted by Crippen LogP contribution is 2.35. The van der Waals surface area contributed by atoms with E-state index in [1.807, 2.05) is 77.5 Å². The molecule has 0 amide bonds. The molecule has 3 nitrogen and oxygen atoms in total. The van der Waals surface area contributed by atoms with Gasteiger partial charge in [-0.2, -0.15) is 5.10 Å². The van der Waals surface area contributed by atoms with E-state index in [1.54, 1.807) is 0 Å². The number of hydrogen-bond donors (Lipinski definition) is 0. The normalized spacial score (nSPS) is 11.1. The number of pyridine rings is 1. The summed E-state index contributed by atoms with van der Waals surface area (Å²) in [4.78, 5) is 4.96. The van der Waals surface area contributed by atoms with Gasteiger partial charge in [-0.3, -0.25) is 0 Å². The second kappa shape index (κ2) is 6.22. The SMILES string of the molecule is C=Cc1c2ccccc2nc2c1c(-c1ccccc1)nn2-c1ccccc1. The van der Waals surface area contributed by atoms with Gasteiger partial charge in [0.05, 0.1) is 16.6 Å². The zero-order valence-electron chi connectivity index (χ0n) is 14.7. The first-order valence-electron chi connectivity index (χ1n) is 8.91. The lowest BCUT2D eigenvalue weighted by molar-refractivity contribution is 0.903. The molecular formula is C24H17N3. The Balaban J connectivity index is 1.98. The van der Waals surface area contributed by atoms with Crippen molar-refractivity contribution >= 4 is 28.0 Å². The summed E-state index contributed by atoms with van der Waals surface area (Å²) >= 11 is 0. The van der Waals surface area contributed by atoms with Crippen molar-refractivity contribution in [1.29, 1.82) is 0 Å². The van der Waals surface area contributed by atoms with E-state index >= 15 is 0 Å². The Kier molecular flexibility index (Phi) is 3.58. The Morgan fingerprint density at radius 2 is 1.44 bits per heavy atom. The summed E-state index contributed by atoms with van der Waals surface area (Å²) in [7, 11) is 0. The van der Waals surface area contributed by atoms with Crippen molar-refractivity contribution < 1.29 is 0 Å². The summed E-state index contributed by atoms with van der Waals surface area (Å²) < 4.78 is 1.93. The number of nitrogens with zero attached hydrogens (tertiary/aromatic N) is 3. The van der Waals surface area contributed by atoms with Crippen molar-refractivity contribution in [2.75, 3.05) is 0 Å². The first kappa shape index (κ1) is 15.5. The molecule has 0 aliphatic heterocycles. The van der Waals surface area contributed by atoms with E-state index in [9.17, 15) is 0 Å². The van der Waals surface area contributed by atoms with Crippen molar-refractivity contribution in [2.24, 2.45) is 0 Å². The van der Waals surface area contributed by atoms with Crippen molar-refractivity contribution in [3.8, 4) is 16.9 Å². The maximum atomic E-state index is 4.97. The molecule has 0 radical (unpaired) electrons. The van der Waals surface area contributed by atoms with Crippen LogP contribution in [0.3, 0.4) is 0 Å². The van der Waals surface area contributed by atoms with E-state index in [2.05, 4.69) is 24.8 Å². The van der Waals surface area contributed by atoms with Gasteiger partial charge in [0.2, 0.25) is 0 Å². The monoisotopic (exact) mass is 347 g/mol. The highest BCUT2D eigenvalue weighted by molar-refractivity contribution is 6.07. The Hall–Kier alpha value is -3.72. The van der Waals surface area contributed by atoms with Crippen LogP contribution in [0.1, 0.15) is 5.56 Å². The van der Waals surface area contributed by atoms with E-state index in [0.29, 0.717) is 0 Å². The Morgan fingerprint density at radius 3 is 2.19 bits per heavy atom. The van der Waals surface area contributed by atoms with Gasteiger partial charge in [-0.05, 0) is 23.8 Å². The molecule has 0 atom stereocenters. The van der Waals surface area contributed by atoms with Crippen LogP contribution >= 0.6 is 0 Å². The third-order valence-corrected chi connectivity index (χ3v) is 4.80. The van der Waals surface area contributed by atoms with Crippen LogP contribution in [-0.2, 0) is 0 Å². The van der Waals surface area contributed by atoms with Gasteiger partial charge in [-0.15, -0.1) is 0 Å². The molecule has 5 rings (SSSR count). The molecule has 0 aliphatic carbocycles. The first-order chi connectivity index (χ1) is 13.4. The predicted octanol–water partition coefficient (Wildman–Crippen LogP) is 5.88. The van der Waals surface area contributed by atoms with Crippen LogP contribution in [0.5, 0.6) is 0 Å². The topological polar surface area (TPSA) is 30.7 Å². The number of hydrogen-bond acceptors (Lipinski definition) is 2. The molecule has 2 aromatic heterocycles. The summed E-state index contributed by atoms with van der Waals surface area (Å²) in [5, 5.41) is 7.08. The second-order valence-corrected chi connectivity index (χ2v) is 6.41. The largest absolute Gasteiger partial charge is 0.228 e. The highest BCUT2D eigenvalue weighted by atomic mass is 15.3. The van der Waals surface area contributed by atoms with Gasteiger partial charge in [-0.1, -0.05) is 79.4 Å². The van der Waals surface area contributed by atoms with E-state index in [4.69, 9.17) is 10.1 Å². The first-order valence-corrected chi connectivity index (χ1v) is 8.91. The summed E-state index contributed by atoms with van der Waals surface area (Å²) in [5.41, 5.74) is 5.82. The fourth-order valence-electron chi connectivity index (χ4n) is 3.57. The van der Waals surface area contributed by atoms with E-state index < -0.39 is 0 Å². The average Bonchev–Trinajstić information content (AvgIpc) is 3.12. The summed E-state index contributed by atoms with van der Waals surface area (Å²) in [6.07, 6.45) is 1.91. The van der Waals surface area contributed by atoms with Gasteiger partial charge in [0.25, 0.3) is 0 Å². The van der Waals surface area contributed by atoms with Crippen LogP contribution in [0.25, 0.3) is 45.0 Å². The van der Waals surface area contributed by atoms with Crippen LogP contribution in [0.2, 0.25) is 0 Å². The van der Waals surface area contributed by atoms with Crippen LogP contribution in [0, 0.1) is 0 Å². The van der Waals surface area contributed by atoms with Crippen LogP contribution in [0.4, 0.5) is 0 Å². The number of para-hydroxylation sites is 2. The third kappa shape index (κ3) is 2.44. The van der Waals surface area contributed by atoms with Crippen molar-refractivity contribution in [3.05, 3.63) is 97.1 Å². The standard InChI is InChI=1S/C24H17N3/c1-2-19-20-15-9-10-16-21(20)25-24-22(19)23(17-11-5-3-6-12-17)26-27(24)18-13-7-4-8-14-18/h2-16H,1H2. The minimum Gasteiger partial charge on any atom is -0.228 e. The van der Waals surface area contributed by atoms with Gasteiger partial charge in [0.1, 0.15) is 5.69 Å². The fourth-order valence-corrected chi connectivity index (χ4v) is 3.57. The molecular weight excluding hydrogens is 330 g/mol. The van der Waals surface area contributed by atoms with Crippen molar-refractivity contribution in [3.63, 3.8) is 0 Å². The van der Waals surface area contributed by atoms with E-state index in [1.165, 1.54) is 0 Å². The molecule has 0 spiro atoms. The number of rotatable bonds is 3. The molecule has 5 aromatic rings. The molecule has 0 aliphatic rings. The highest BCUT2D eigenvalue weighted by Gasteiger charge is 2.19. The van der Waals surface area contributed by atoms with Gasteiger partial charge < -0.3 is 0 Å². The minimum atomic E-state index is 0.841. The van der Waals surface area contributed by atoms with Gasteiger partial charge >= 0.3 is 0 Å². The number of aromatic nitrogens is 3. The van der Waals surface area contributed by atoms with Crippen molar-refractivity contribution in [1.82, 2.24) is 14.8 Å². The quantitative estimate of drug-likeness (QED) is 0.408. The molecule has 0 N–H and O–H groups in total. The molecule has 128 valence electrons. The molecule has 0 unspecified atom stereocenters. The maximum absolute atomic E-state index is 4.97. The molecule has 0 fully saturated rings. The average molecular weight is 347 g/mol. The van der Waals surface area contributed by atoms with Gasteiger partial charge in [0.15, 0.2) is 5.65 Å². The van der Waals surface area contributed by atoms with Crippen LogP contribution in [-0.4, -0.2) is 14.8 Å². The van der Waals surface area contributed by atoms with Gasteiger partial charge in [-0.25, -0.2) is 9.67 Å². The zero-order chi connectivity index (χ0) is 18.2. The Labute approximate surface area is 157 Å². The van der Waals surface area contributed by atoms with E-state index in [-0.39, 0.29) is 0 Å². The Bertz CT molecular complexity index is 1270. The minimum absolute atomic E-state index is 0.841. The molecule has 3 heteroatoms. The molecule has 2 heterocycles. The Morgan fingerprint density at radius 1 is 0.778 bits per heavy atom. The molecule has 0 bridgehead atoms. The molecule has 3 aromatic carbocycles. The summed E-state index contributed by atoms with van der Waals surface area (Å²) in [5.74, 6) is 0. The molecule has 0 saturated carbocycles. The summed E-state index contributed by atoms with van der Waals surface area (Å²) in [6.45, 7) is 4.08. The summed E-state index contributed by atoms with van der Waals surface area (Å²) in [6, 6.07) is 28.5. The van der Waals surface area contributed by atoms with Crippen molar-refractivity contribution in [2.45, 2.75) is 0 Å². The van der Waals surface area contributed by atoms with Crippen LogP contribution in [0.15, 0.2) is 91.5 Å². The number of fused-ring (bicyclic) bond motifs is 2. The lowest BCUT2D eigenvalue weighted by atomic mass is 10.0. The smallest absolute Gasteiger partial charge is 0.164 e. The predicted molar refractivity (Wildman–Crippen MR) is 112 cm³/mol. The van der Waals surface area contributed by atoms with Crippen LogP contribution < -0.4 is 0 Å². The third-order valence-electron chi connectivity index (χ3n) is 4.80. The molecule has 27 heavy (non-hydrogen) atoms.